The van der Waals surface area contributed by atoms with Gasteiger partial charge in [0.1, 0.15) is 4.90 Å². The zero-order valence-electron chi connectivity index (χ0n) is 15.8. The topological polar surface area (TPSA) is 76.0 Å². The Hall–Kier alpha value is -2.93. The van der Waals surface area contributed by atoms with E-state index in [4.69, 9.17) is 4.28 Å². The van der Waals surface area contributed by atoms with Crippen molar-refractivity contribution in [3.05, 3.63) is 71.3 Å². The Bertz CT molecular complexity index is 1130. The predicted octanol–water partition coefficient (Wildman–Crippen LogP) is 3.27. The standard InChI is InChI=1S/C21H20N2O4S/c1-14-8-10-16(11-9-14)28(25,26)27-22-18-12-19-17-7-5-4-6-15(17)13-21(2,3)23(19)20(18)24/h4-12H,13H2,1-3H3/b22-18+. The van der Waals surface area contributed by atoms with Crippen LogP contribution in [-0.2, 0) is 25.6 Å². The molecule has 1 amide bonds. The van der Waals surface area contributed by atoms with Gasteiger partial charge in [0.2, 0.25) is 0 Å². The van der Waals surface area contributed by atoms with Gasteiger partial charge in [-0.3, -0.25) is 9.08 Å². The molecule has 0 fully saturated rings. The third-order valence-electron chi connectivity index (χ3n) is 5.00. The fourth-order valence-electron chi connectivity index (χ4n) is 3.65. The van der Waals surface area contributed by atoms with E-state index in [1.54, 1.807) is 23.1 Å². The van der Waals surface area contributed by atoms with E-state index in [2.05, 4.69) is 5.16 Å². The average Bonchev–Trinajstić information content (AvgIpc) is 2.98. The van der Waals surface area contributed by atoms with E-state index in [1.165, 1.54) is 12.1 Å². The highest BCUT2D eigenvalue weighted by atomic mass is 32.2. The van der Waals surface area contributed by atoms with E-state index in [9.17, 15) is 13.2 Å². The summed E-state index contributed by atoms with van der Waals surface area (Å²) < 4.78 is 29.6. The number of carbonyl (C=O) groups is 1. The lowest BCUT2D eigenvalue weighted by Gasteiger charge is -2.42. The summed E-state index contributed by atoms with van der Waals surface area (Å²) >= 11 is 0. The van der Waals surface area contributed by atoms with Gasteiger partial charge in [0.15, 0.2) is 5.71 Å². The molecule has 4 rings (SSSR count). The SMILES string of the molecule is Cc1ccc(S(=O)(=O)O/N=C2\C=C3c4ccccc4CC(C)(C)N3C2=O)cc1. The highest BCUT2D eigenvalue weighted by molar-refractivity contribution is 7.86. The minimum Gasteiger partial charge on any atom is -0.300 e. The summed E-state index contributed by atoms with van der Waals surface area (Å²) in [6.45, 7) is 5.81. The molecule has 2 aliphatic heterocycles. The Labute approximate surface area is 164 Å². The summed E-state index contributed by atoms with van der Waals surface area (Å²) in [6.07, 6.45) is 2.29. The van der Waals surface area contributed by atoms with Crippen LogP contribution >= 0.6 is 0 Å². The van der Waals surface area contributed by atoms with Gasteiger partial charge in [0, 0.05) is 11.1 Å². The maximum absolute atomic E-state index is 12.9. The first-order chi connectivity index (χ1) is 13.2. The number of carbonyl (C=O) groups excluding carboxylic acids is 1. The van der Waals surface area contributed by atoms with Crippen molar-refractivity contribution in [2.45, 2.75) is 37.6 Å². The van der Waals surface area contributed by atoms with Crippen LogP contribution in [0.2, 0.25) is 0 Å². The van der Waals surface area contributed by atoms with E-state index >= 15 is 0 Å². The molecule has 28 heavy (non-hydrogen) atoms. The van der Waals surface area contributed by atoms with E-state index in [0.29, 0.717) is 12.1 Å². The lowest BCUT2D eigenvalue weighted by atomic mass is 9.84. The zero-order chi connectivity index (χ0) is 20.1. The second-order valence-electron chi connectivity index (χ2n) is 7.63. The van der Waals surface area contributed by atoms with E-state index < -0.39 is 15.7 Å². The summed E-state index contributed by atoms with van der Waals surface area (Å²) in [5, 5.41) is 3.70. The smallest absolute Gasteiger partial charge is 0.300 e. The van der Waals surface area contributed by atoms with Crippen LogP contribution in [-0.4, -0.2) is 30.5 Å². The normalized spacial score (nSPS) is 19.2. The van der Waals surface area contributed by atoms with E-state index in [-0.39, 0.29) is 16.5 Å². The number of amides is 1. The van der Waals surface area contributed by atoms with Crippen LogP contribution < -0.4 is 0 Å². The largest absolute Gasteiger partial charge is 0.358 e. The maximum Gasteiger partial charge on any atom is 0.358 e. The van der Waals surface area contributed by atoms with Gasteiger partial charge in [-0.25, -0.2) is 0 Å². The van der Waals surface area contributed by atoms with Crippen molar-refractivity contribution in [2.75, 3.05) is 0 Å². The Morgan fingerprint density at radius 1 is 1.07 bits per heavy atom. The highest BCUT2D eigenvalue weighted by Crippen LogP contribution is 2.41. The predicted molar refractivity (Wildman–Crippen MR) is 106 cm³/mol. The number of oxime groups is 1. The Morgan fingerprint density at radius 3 is 2.46 bits per heavy atom. The lowest BCUT2D eigenvalue weighted by Crippen LogP contribution is -2.49. The third-order valence-corrected chi connectivity index (χ3v) is 6.12. The lowest BCUT2D eigenvalue weighted by molar-refractivity contribution is -0.124. The summed E-state index contributed by atoms with van der Waals surface area (Å²) in [7, 11) is -4.10. The first-order valence-electron chi connectivity index (χ1n) is 8.92. The minimum atomic E-state index is -4.10. The van der Waals surface area contributed by atoms with E-state index in [1.807, 2.05) is 45.0 Å². The van der Waals surface area contributed by atoms with Gasteiger partial charge in [0.25, 0.3) is 5.91 Å². The molecule has 2 aliphatic rings. The van der Waals surface area contributed by atoms with Crippen molar-refractivity contribution in [3.63, 3.8) is 0 Å². The second-order valence-corrected chi connectivity index (χ2v) is 9.16. The third kappa shape index (κ3) is 3.01. The summed E-state index contributed by atoms with van der Waals surface area (Å²) in [5.41, 5.74) is 3.24. The highest BCUT2D eigenvalue weighted by Gasteiger charge is 2.44. The van der Waals surface area contributed by atoms with Crippen LogP contribution in [0.3, 0.4) is 0 Å². The quantitative estimate of drug-likeness (QED) is 0.746. The zero-order valence-corrected chi connectivity index (χ0v) is 16.7. The van der Waals surface area contributed by atoms with Crippen molar-refractivity contribution in [1.82, 2.24) is 4.90 Å². The summed E-state index contributed by atoms with van der Waals surface area (Å²) in [6, 6.07) is 14.1. The van der Waals surface area contributed by atoms with Crippen molar-refractivity contribution in [3.8, 4) is 0 Å². The minimum absolute atomic E-state index is 0.0102. The van der Waals surface area contributed by atoms with Crippen LogP contribution in [0.15, 0.2) is 64.7 Å². The second kappa shape index (κ2) is 6.31. The number of aryl methyl sites for hydroxylation is 1. The molecule has 2 aromatic rings. The van der Waals surface area contributed by atoms with Gasteiger partial charge < -0.3 is 4.90 Å². The van der Waals surface area contributed by atoms with Crippen molar-refractivity contribution >= 4 is 27.4 Å². The van der Waals surface area contributed by atoms with Gasteiger partial charge in [-0.05, 0) is 51.0 Å². The molecule has 0 unspecified atom stereocenters. The molecule has 144 valence electrons. The van der Waals surface area contributed by atoms with Gasteiger partial charge >= 0.3 is 10.1 Å². The molecular weight excluding hydrogens is 376 g/mol. The van der Waals surface area contributed by atoms with Crippen molar-refractivity contribution < 1.29 is 17.5 Å². The average molecular weight is 396 g/mol. The molecule has 0 aromatic heterocycles. The van der Waals surface area contributed by atoms with Crippen LogP contribution in [0.4, 0.5) is 0 Å². The Balaban J connectivity index is 1.70. The monoisotopic (exact) mass is 396 g/mol. The fraction of sp³-hybridized carbons (Fsp3) is 0.238. The molecule has 2 heterocycles. The molecule has 6 nitrogen and oxygen atoms in total. The first kappa shape index (κ1) is 18.4. The molecule has 0 atom stereocenters. The number of hydrogen-bond acceptors (Lipinski definition) is 5. The Morgan fingerprint density at radius 2 is 1.75 bits per heavy atom. The van der Waals surface area contributed by atoms with Gasteiger partial charge in [-0.1, -0.05) is 47.1 Å². The molecule has 0 N–H and O–H groups in total. The van der Waals surface area contributed by atoms with Crippen LogP contribution in [0.25, 0.3) is 5.70 Å². The molecule has 0 bridgehead atoms. The number of fused-ring (bicyclic) bond motifs is 3. The molecule has 0 spiro atoms. The Kier molecular flexibility index (Phi) is 4.15. The number of benzene rings is 2. The van der Waals surface area contributed by atoms with Crippen molar-refractivity contribution in [1.29, 1.82) is 0 Å². The number of rotatable bonds is 3. The van der Waals surface area contributed by atoms with Crippen molar-refractivity contribution in [2.24, 2.45) is 5.16 Å². The van der Waals surface area contributed by atoms with Gasteiger partial charge in [-0.2, -0.15) is 8.42 Å². The molecule has 0 radical (unpaired) electrons. The maximum atomic E-state index is 12.9. The van der Waals surface area contributed by atoms with Crippen LogP contribution in [0.5, 0.6) is 0 Å². The van der Waals surface area contributed by atoms with Crippen LogP contribution in [0.1, 0.15) is 30.5 Å². The van der Waals surface area contributed by atoms with Gasteiger partial charge in [0.05, 0.1) is 5.70 Å². The number of nitrogens with zero attached hydrogens (tertiary/aromatic N) is 2. The molecule has 7 heteroatoms. The first-order valence-corrected chi connectivity index (χ1v) is 10.3. The number of hydrogen-bond donors (Lipinski definition) is 0. The molecule has 0 aliphatic carbocycles. The molecule has 0 saturated heterocycles. The summed E-state index contributed by atoms with van der Waals surface area (Å²) in [4.78, 5) is 14.6. The fourth-order valence-corrected chi connectivity index (χ4v) is 4.38. The molecular formula is C21H20N2O4S. The molecule has 0 saturated carbocycles. The van der Waals surface area contributed by atoms with Crippen LogP contribution in [0, 0.1) is 6.92 Å². The molecule has 2 aromatic carbocycles. The van der Waals surface area contributed by atoms with E-state index in [0.717, 1.165) is 16.7 Å². The summed E-state index contributed by atoms with van der Waals surface area (Å²) in [5.74, 6) is -0.367. The van der Waals surface area contributed by atoms with Gasteiger partial charge in [-0.15, -0.1) is 0 Å².